The van der Waals surface area contributed by atoms with Crippen LogP contribution in [0.25, 0.3) is 0 Å². The van der Waals surface area contributed by atoms with Gasteiger partial charge in [-0.15, -0.1) is 0 Å². The van der Waals surface area contributed by atoms with Crippen LogP contribution >= 0.6 is 11.6 Å². The second kappa shape index (κ2) is 8.32. The number of morpholine rings is 1. The molecule has 1 fully saturated rings. The predicted molar refractivity (Wildman–Crippen MR) is 109 cm³/mol. The molecule has 8 heteroatoms. The van der Waals surface area contributed by atoms with Gasteiger partial charge in [0.15, 0.2) is 5.60 Å². The van der Waals surface area contributed by atoms with E-state index in [4.69, 9.17) is 21.1 Å². The third-order valence-electron chi connectivity index (χ3n) is 4.52. The van der Waals surface area contributed by atoms with Gasteiger partial charge in [-0.05, 0) is 52.0 Å². The number of aromatic nitrogens is 2. The molecule has 1 N–H and O–H groups in total. The summed E-state index contributed by atoms with van der Waals surface area (Å²) >= 11 is 5.90. The van der Waals surface area contributed by atoms with Gasteiger partial charge in [-0.1, -0.05) is 11.6 Å². The molecular weight excluding hydrogens is 380 g/mol. The summed E-state index contributed by atoms with van der Waals surface area (Å²) in [6, 6.07) is 6.90. The van der Waals surface area contributed by atoms with Crippen molar-refractivity contribution in [2.75, 3.05) is 36.5 Å². The summed E-state index contributed by atoms with van der Waals surface area (Å²) in [6.07, 6.45) is 0. The Balaban J connectivity index is 1.74. The largest absolute Gasteiger partial charge is 0.478 e. The van der Waals surface area contributed by atoms with Crippen molar-refractivity contribution >= 4 is 29.1 Å². The average molecular weight is 405 g/mol. The normalized spacial score (nSPS) is 14.7. The molecule has 0 radical (unpaired) electrons. The summed E-state index contributed by atoms with van der Waals surface area (Å²) in [5.74, 6) is 0.946. The molecule has 2 heterocycles. The van der Waals surface area contributed by atoms with Crippen molar-refractivity contribution < 1.29 is 14.3 Å². The van der Waals surface area contributed by atoms with Crippen molar-refractivity contribution in [2.24, 2.45) is 0 Å². The first kappa shape index (κ1) is 20.4. The fourth-order valence-corrected chi connectivity index (χ4v) is 3.02. The molecule has 0 saturated carbocycles. The number of carbonyl (C=O) groups is 1. The van der Waals surface area contributed by atoms with Crippen LogP contribution in [0.15, 0.2) is 24.3 Å². The zero-order valence-electron chi connectivity index (χ0n) is 16.6. The SMILES string of the molecule is Cc1nc(N2CCOCC2)nc(C)c1NC(=O)C(C)(C)Oc1ccc(Cl)cc1. The van der Waals surface area contributed by atoms with Crippen molar-refractivity contribution in [3.63, 3.8) is 0 Å². The quantitative estimate of drug-likeness (QED) is 0.823. The highest BCUT2D eigenvalue weighted by Crippen LogP contribution is 2.25. The molecule has 2 aromatic rings. The highest BCUT2D eigenvalue weighted by atomic mass is 35.5. The summed E-state index contributed by atoms with van der Waals surface area (Å²) in [5, 5.41) is 3.53. The average Bonchev–Trinajstić information content (AvgIpc) is 2.66. The molecule has 3 rings (SSSR count). The summed E-state index contributed by atoms with van der Waals surface area (Å²) in [7, 11) is 0. The first-order valence-corrected chi connectivity index (χ1v) is 9.58. The van der Waals surface area contributed by atoms with Gasteiger partial charge in [-0.3, -0.25) is 4.79 Å². The molecule has 0 unspecified atom stereocenters. The lowest BCUT2D eigenvalue weighted by Gasteiger charge is -2.28. The number of nitrogens with one attached hydrogen (secondary N) is 1. The number of carbonyl (C=O) groups excluding carboxylic acids is 1. The molecule has 0 bridgehead atoms. The molecule has 0 aliphatic carbocycles. The van der Waals surface area contributed by atoms with Gasteiger partial charge in [0.2, 0.25) is 5.95 Å². The van der Waals surface area contributed by atoms with E-state index in [1.807, 2.05) is 13.8 Å². The van der Waals surface area contributed by atoms with Gasteiger partial charge in [0.05, 0.1) is 30.3 Å². The van der Waals surface area contributed by atoms with E-state index in [0.717, 1.165) is 13.1 Å². The van der Waals surface area contributed by atoms with E-state index < -0.39 is 5.60 Å². The Labute approximate surface area is 170 Å². The van der Waals surface area contributed by atoms with Crippen LogP contribution in [0.2, 0.25) is 5.02 Å². The molecule has 1 aliphatic heterocycles. The second-order valence-corrected chi connectivity index (χ2v) is 7.63. The zero-order chi connectivity index (χ0) is 20.3. The Morgan fingerprint density at radius 2 is 1.71 bits per heavy atom. The van der Waals surface area contributed by atoms with Gasteiger partial charge in [-0.25, -0.2) is 9.97 Å². The van der Waals surface area contributed by atoms with Crippen LogP contribution in [0, 0.1) is 13.8 Å². The van der Waals surface area contributed by atoms with E-state index >= 15 is 0 Å². The number of benzene rings is 1. The molecule has 1 aliphatic rings. The molecule has 28 heavy (non-hydrogen) atoms. The maximum absolute atomic E-state index is 12.9. The lowest BCUT2D eigenvalue weighted by atomic mass is 10.1. The van der Waals surface area contributed by atoms with Crippen LogP contribution in [0.3, 0.4) is 0 Å². The van der Waals surface area contributed by atoms with Gasteiger partial charge in [0.1, 0.15) is 5.75 Å². The summed E-state index contributed by atoms with van der Waals surface area (Å²) < 4.78 is 11.2. The highest BCUT2D eigenvalue weighted by Gasteiger charge is 2.31. The lowest BCUT2D eigenvalue weighted by Crippen LogP contribution is -2.43. The smallest absolute Gasteiger partial charge is 0.268 e. The standard InChI is InChI=1S/C20H25ClN4O3/c1-13-17(14(2)23-19(22-13)25-9-11-27-12-10-25)24-18(26)20(3,4)28-16-7-5-15(21)6-8-16/h5-8H,9-12H2,1-4H3,(H,24,26). The number of ether oxygens (including phenoxy) is 2. The Morgan fingerprint density at radius 3 is 2.29 bits per heavy atom. The Hall–Kier alpha value is -2.38. The number of anilines is 2. The van der Waals surface area contributed by atoms with Crippen molar-refractivity contribution in [3.8, 4) is 5.75 Å². The van der Waals surface area contributed by atoms with E-state index in [2.05, 4.69) is 20.2 Å². The first-order valence-electron chi connectivity index (χ1n) is 9.20. The third kappa shape index (κ3) is 4.72. The fraction of sp³-hybridized carbons (Fsp3) is 0.450. The van der Waals surface area contributed by atoms with Gasteiger partial charge in [0.25, 0.3) is 5.91 Å². The topological polar surface area (TPSA) is 76.6 Å². The van der Waals surface area contributed by atoms with E-state index in [0.29, 0.717) is 47.0 Å². The molecule has 0 atom stereocenters. The van der Waals surface area contributed by atoms with E-state index in [1.54, 1.807) is 38.1 Å². The first-order chi connectivity index (χ1) is 13.3. The molecule has 0 spiro atoms. The van der Waals surface area contributed by atoms with Crippen molar-refractivity contribution in [2.45, 2.75) is 33.3 Å². The molecule has 1 aromatic carbocycles. The van der Waals surface area contributed by atoms with E-state index in [1.165, 1.54) is 0 Å². The minimum absolute atomic E-state index is 0.281. The van der Waals surface area contributed by atoms with Crippen molar-refractivity contribution in [1.82, 2.24) is 9.97 Å². The van der Waals surface area contributed by atoms with Crippen molar-refractivity contribution in [3.05, 3.63) is 40.7 Å². The number of hydrogen-bond donors (Lipinski definition) is 1. The van der Waals surface area contributed by atoms with E-state index in [9.17, 15) is 4.79 Å². The van der Waals surface area contributed by atoms with Gasteiger partial charge in [-0.2, -0.15) is 0 Å². The third-order valence-corrected chi connectivity index (χ3v) is 4.78. The van der Waals surface area contributed by atoms with Gasteiger partial charge < -0.3 is 19.7 Å². The summed E-state index contributed by atoms with van der Waals surface area (Å²) in [5.41, 5.74) is 0.944. The number of aryl methyl sites for hydroxylation is 2. The maximum Gasteiger partial charge on any atom is 0.268 e. The molecule has 1 aromatic heterocycles. The van der Waals surface area contributed by atoms with E-state index in [-0.39, 0.29) is 5.91 Å². The summed E-state index contributed by atoms with van der Waals surface area (Å²) in [4.78, 5) is 24.1. The number of hydrogen-bond acceptors (Lipinski definition) is 6. The molecule has 150 valence electrons. The maximum atomic E-state index is 12.9. The number of amides is 1. The minimum Gasteiger partial charge on any atom is -0.478 e. The van der Waals surface area contributed by atoms with Crippen LogP contribution in [0.5, 0.6) is 5.75 Å². The molecular formula is C20H25ClN4O3. The Kier molecular flexibility index (Phi) is 6.05. The van der Waals surface area contributed by atoms with Crippen LogP contribution in [0.1, 0.15) is 25.2 Å². The van der Waals surface area contributed by atoms with Gasteiger partial charge >= 0.3 is 0 Å². The van der Waals surface area contributed by atoms with Crippen LogP contribution in [0.4, 0.5) is 11.6 Å². The number of nitrogens with zero attached hydrogens (tertiary/aromatic N) is 3. The Morgan fingerprint density at radius 1 is 1.14 bits per heavy atom. The molecule has 1 amide bonds. The zero-order valence-corrected chi connectivity index (χ0v) is 17.3. The lowest BCUT2D eigenvalue weighted by molar-refractivity contribution is -0.128. The Bertz CT molecular complexity index is 826. The highest BCUT2D eigenvalue weighted by molar-refractivity contribution is 6.30. The predicted octanol–water partition coefficient (Wildman–Crippen LogP) is 3.38. The van der Waals surface area contributed by atoms with Crippen LogP contribution in [-0.4, -0.2) is 47.8 Å². The van der Waals surface area contributed by atoms with Gasteiger partial charge in [0, 0.05) is 18.1 Å². The summed E-state index contributed by atoms with van der Waals surface area (Å²) in [6.45, 7) is 9.99. The molecule has 7 nitrogen and oxygen atoms in total. The monoisotopic (exact) mass is 404 g/mol. The number of halogens is 1. The van der Waals surface area contributed by atoms with Crippen molar-refractivity contribution in [1.29, 1.82) is 0 Å². The molecule has 1 saturated heterocycles. The van der Waals surface area contributed by atoms with Crippen LogP contribution in [-0.2, 0) is 9.53 Å². The van der Waals surface area contributed by atoms with Crippen LogP contribution < -0.4 is 15.0 Å². The fourth-order valence-electron chi connectivity index (χ4n) is 2.89. The number of rotatable bonds is 5. The minimum atomic E-state index is -1.09. The second-order valence-electron chi connectivity index (χ2n) is 7.19.